The largest absolute Gasteiger partial charge is 0.374 e. The smallest absolute Gasteiger partial charge is 0.0799 e. The molecule has 78 valence electrons. The molecule has 0 aliphatic heterocycles. The van der Waals surface area contributed by atoms with Crippen molar-refractivity contribution in [1.82, 2.24) is 0 Å². The highest BCUT2D eigenvalue weighted by molar-refractivity contribution is 5.31. The maximum absolute atomic E-state index is 5.71. The molecule has 0 aromatic heterocycles. The molecule has 1 nitrogen and oxygen atoms in total. The van der Waals surface area contributed by atoms with Gasteiger partial charge in [-0.3, -0.25) is 0 Å². The Morgan fingerprint density at radius 3 is 2.64 bits per heavy atom. The molecule has 0 fully saturated rings. The normalized spacial score (nSPS) is 12.9. The van der Waals surface area contributed by atoms with E-state index in [1.54, 1.807) is 0 Å². The van der Waals surface area contributed by atoms with Gasteiger partial charge in [-0.25, -0.2) is 0 Å². The molecule has 14 heavy (non-hydrogen) atoms. The summed E-state index contributed by atoms with van der Waals surface area (Å²) in [6.07, 6.45) is 1.30. The van der Waals surface area contributed by atoms with Crippen molar-refractivity contribution in [3.05, 3.63) is 34.9 Å². The van der Waals surface area contributed by atoms with Crippen molar-refractivity contribution in [3.8, 4) is 0 Å². The first kappa shape index (κ1) is 11.3. The number of hydrogen-bond donors (Lipinski definition) is 0. The third-order valence-electron chi connectivity index (χ3n) is 2.44. The van der Waals surface area contributed by atoms with Gasteiger partial charge in [0, 0.05) is 6.61 Å². The Morgan fingerprint density at radius 1 is 1.29 bits per heavy atom. The van der Waals surface area contributed by atoms with Crippen LogP contribution in [0.4, 0.5) is 0 Å². The summed E-state index contributed by atoms with van der Waals surface area (Å²) in [7, 11) is 0. The van der Waals surface area contributed by atoms with E-state index in [-0.39, 0.29) is 6.10 Å². The lowest BCUT2D eigenvalue weighted by Crippen LogP contribution is -2.03. The van der Waals surface area contributed by atoms with E-state index in [2.05, 4.69) is 45.9 Å². The summed E-state index contributed by atoms with van der Waals surface area (Å²) < 4.78 is 5.71. The monoisotopic (exact) mass is 192 g/mol. The van der Waals surface area contributed by atoms with Crippen LogP contribution in [0, 0.1) is 13.8 Å². The quantitative estimate of drug-likeness (QED) is 0.705. The van der Waals surface area contributed by atoms with Crippen molar-refractivity contribution < 1.29 is 4.74 Å². The van der Waals surface area contributed by atoms with Gasteiger partial charge in [-0.15, -0.1) is 0 Å². The van der Waals surface area contributed by atoms with Gasteiger partial charge in [0.05, 0.1) is 6.10 Å². The molecular formula is C13H20O. The van der Waals surface area contributed by atoms with Crippen LogP contribution in [-0.2, 0) is 4.74 Å². The summed E-state index contributed by atoms with van der Waals surface area (Å²) >= 11 is 0. The van der Waals surface area contributed by atoms with Crippen molar-refractivity contribution in [2.75, 3.05) is 6.61 Å². The Hall–Kier alpha value is -0.820. The average molecular weight is 192 g/mol. The second-order valence-corrected chi connectivity index (χ2v) is 3.87. The Kier molecular flexibility index (Phi) is 4.15. The number of aryl methyl sites for hydroxylation is 2. The molecule has 1 rings (SSSR count). The molecule has 1 unspecified atom stereocenters. The second kappa shape index (κ2) is 5.16. The van der Waals surface area contributed by atoms with E-state index in [1.807, 2.05) is 0 Å². The van der Waals surface area contributed by atoms with E-state index < -0.39 is 0 Å². The minimum Gasteiger partial charge on any atom is -0.374 e. The molecule has 0 aliphatic rings. The van der Waals surface area contributed by atoms with Crippen LogP contribution in [0.3, 0.4) is 0 Å². The van der Waals surface area contributed by atoms with Crippen LogP contribution in [-0.4, -0.2) is 6.61 Å². The first-order valence-electron chi connectivity index (χ1n) is 5.34. The Bertz CT molecular complexity index is 291. The average Bonchev–Trinajstić information content (AvgIpc) is 2.18. The van der Waals surface area contributed by atoms with E-state index >= 15 is 0 Å². The number of rotatable bonds is 4. The molecule has 0 amide bonds. The van der Waals surface area contributed by atoms with Crippen LogP contribution in [0.1, 0.15) is 43.1 Å². The maximum Gasteiger partial charge on any atom is 0.0799 e. The summed E-state index contributed by atoms with van der Waals surface area (Å²) in [6.45, 7) is 9.36. The highest BCUT2D eigenvalue weighted by Gasteiger charge is 2.07. The molecule has 1 heteroatoms. The fourth-order valence-corrected chi connectivity index (χ4v) is 1.58. The fraction of sp³-hybridized carbons (Fsp3) is 0.538. The predicted octanol–water partition coefficient (Wildman–Crippen LogP) is 3.79. The highest BCUT2D eigenvalue weighted by Crippen LogP contribution is 2.21. The lowest BCUT2D eigenvalue weighted by atomic mass is 10.0. The van der Waals surface area contributed by atoms with Gasteiger partial charge in [0.1, 0.15) is 0 Å². The lowest BCUT2D eigenvalue weighted by molar-refractivity contribution is 0.0658. The first-order valence-corrected chi connectivity index (χ1v) is 5.34. The van der Waals surface area contributed by atoms with Gasteiger partial charge in [-0.05, 0) is 38.3 Å². The molecule has 1 aromatic rings. The number of benzene rings is 1. The maximum atomic E-state index is 5.71. The van der Waals surface area contributed by atoms with E-state index in [0.29, 0.717) is 0 Å². The summed E-state index contributed by atoms with van der Waals surface area (Å²) in [5.41, 5.74) is 3.94. The molecule has 1 atom stereocenters. The van der Waals surface area contributed by atoms with Gasteiger partial charge in [0.2, 0.25) is 0 Å². The van der Waals surface area contributed by atoms with Crippen LogP contribution < -0.4 is 0 Å². The van der Waals surface area contributed by atoms with Gasteiger partial charge in [0.25, 0.3) is 0 Å². The van der Waals surface area contributed by atoms with Crippen LogP contribution in [0.5, 0.6) is 0 Å². The standard InChI is InChI=1S/C13H20O/c1-5-8-14-12(4)13-9-10(2)6-7-11(13)3/h6-7,9,12H,5,8H2,1-4H3. The molecule has 0 spiro atoms. The van der Waals surface area contributed by atoms with Crippen molar-refractivity contribution in [2.45, 2.75) is 40.2 Å². The molecule has 0 saturated carbocycles. The second-order valence-electron chi connectivity index (χ2n) is 3.87. The summed E-state index contributed by atoms with van der Waals surface area (Å²) in [4.78, 5) is 0. The van der Waals surface area contributed by atoms with Gasteiger partial charge in [0.15, 0.2) is 0 Å². The predicted molar refractivity (Wildman–Crippen MR) is 60.6 cm³/mol. The van der Waals surface area contributed by atoms with Crippen LogP contribution in [0.25, 0.3) is 0 Å². The van der Waals surface area contributed by atoms with Crippen LogP contribution >= 0.6 is 0 Å². The molecule has 0 aliphatic carbocycles. The van der Waals surface area contributed by atoms with Gasteiger partial charge in [-0.1, -0.05) is 30.7 Å². The summed E-state index contributed by atoms with van der Waals surface area (Å²) in [6, 6.07) is 6.53. The number of hydrogen-bond acceptors (Lipinski definition) is 1. The van der Waals surface area contributed by atoms with E-state index in [9.17, 15) is 0 Å². The van der Waals surface area contributed by atoms with Crippen LogP contribution in [0.15, 0.2) is 18.2 Å². The van der Waals surface area contributed by atoms with Crippen LogP contribution in [0.2, 0.25) is 0 Å². The third kappa shape index (κ3) is 2.85. The minimum absolute atomic E-state index is 0.217. The molecule has 0 heterocycles. The lowest BCUT2D eigenvalue weighted by Gasteiger charge is -2.15. The highest BCUT2D eigenvalue weighted by atomic mass is 16.5. The Morgan fingerprint density at radius 2 is 2.00 bits per heavy atom. The third-order valence-corrected chi connectivity index (χ3v) is 2.44. The molecule has 1 aromatic carbocycles. The van der Waals surface area contributed by atoms with Crippen molar-refractivity contribution >= 4 is 0 Å². The topological polar surface area (TPSA) is 9.23 Å². The van der Waals surface area contributed by atoms with Crippen molar-refractivity contribution in [2.24, 2.45) is 0 Å². The van der Waals surface area contributed by atoms with Gasteiger partial charge >= 0.3 is 0 Å². The van der Waals surface area contributed by atoms with Crippen molar-refractivity contribution in [1.29, 1.82) is 0 Å². The summed E-state index contributed by atoms with van der Waals surface area (Å²) in [5, 5.41) is 0. The minimum atomic E-state index is 0.217. The van der Waals surface area contributed by atoms with E-state index in [0.717, 1.165) is 13.0 Å². The molecular weight excluding hydrogens is 172 g/mol. The zero-order valence-electron chi connectivity index (χ0n) is 9.63. The zero-order chi connectivity index (χ0) is 10.6. The summed E-state index contributed by atoms with van der Waals surface area (Å²) in [5.74, 6) is 0. The zero-order valence-corrected chi connectivity index (χ0v) is 9.63. The fourth-order valence-electron chi connectivity index (χ4n) is 1.58. The SMILES string of the molecule is CCCOC(C)c1cc(C)ccc1C. The Labute approximate surface area is 87.1 Å². The van der Waals surface area contributed by atoms with Crippen molar-refractivity contribution in [3.63, 3.8) is 0 Å². The number of ether oxygens (including phenoxy) is 1. The molecule has 0 radical (unpaired) electrons. The van der Waals surface area contributed by atoms with E-state index in [4.69, 9.17) is 4.74 Å². The molecule has 0 saturated heterocycles. The molecule has 0 bridgehead atoms. The first-order chi connectivity index (χ1) is 6.65. The molecule has 0 N–H and O–H groups in total. The Balaban J connectivity index is 2.77. The van der Waals surface area contributed by atoms with Gasteiger partial charge in [-0.2, -0.15) is 0 Å². The van der Waals surface area contributed by atoms with E-state index in [1.165, 1.54) is 16.7 Å². The van der Waals surface area contributed by atoms with Gasteiger partial charge < -0.3 is 4.74 Å².